The highest BCUT2D eigenvalue weighted by atomic mass is 32.2. The number of ether oxygens (including phenoxy) is 1. The smallest absolute Gasteiger partial charge is 0.326 e. The lowest BCUT2D eigenvalue weighted by molar-refractivity contribution is -0.139. The first kappa shape index (κ1) is 28.9. The lowest BCUT2D eigenvalue weighted by Crippen LogP contribution is -2.41. The molecule has 4 rings (SSSR count). The Hall–Kier alpha value is -4.14. The standard InChI is InChI=1S/C32H31NO6S/c1-20-6-4-5-7-24(20)26-18-23(12-13-25(26)31(35)33-27(32(36)37)16-17-40-3)30(38-2)29-15-14-28(39-29)22-10-8-21(19-34)9-11-22/h4-15,18-19,27,30H,16-17H2,1-3H3,(H,33,35)(H,36,37). The summed E-state index contributed by atoms with van der Waals surface area (Å²) in [5.74, 6) is 0.307. The SMILES string of the molecule is COC(c1ccc(C(=O)NC(CCSC)C(=O)O)c(-c2ccccc2C)c1)c1ccc(-c2ccc(C=O)cc2)o1. The Kier molecular flexibility index (Phi) is 9.58. The second-order valence-corrected chi connectivity index (χ2v) is 10.3. The summed E-state index contributed by atoms with van der Waals surface area (Å²) < 4.78 is 12.0. The number of nitrogens with one attached hydrogen (secondary N) is 1. The van der Waals surface area contributed by atoms with E-state index in [9.17, 15) is 19.5 Å². The van der Waals surface area contributed by atoms with E-state index in [1.807, 2.05) is 67.8 Å². The van der Waals surface area contributed by atoms with E-state index >= 15 is 0 Å². The lowest BCUT2D eigenvalue weighted by atomic mass is 9.92. The Morgan fingerprint density at radius 1 is 1.02 bits per heavy atom. The summed E-state index contributed by atoms with van der Waals surface area (Å²) >= 11 is 1.53. The van der Waals surface area contributed by atoms with Gasteiger partial charge in [-0.2, -0.15) is 11.8 Å². The number of aryl methyl sites for hydroxylation is 1. The summed E-state index contributed by atoms with van der Waals surface area (Å²) in [5, 5.41) is 12.3. The number of hydrogen-bond acceptors (Lipinski definition) is 6. The second-order valence-electron chi connectivity index (χ2n) is 9.32. The van der Waals surface area contributed by atoms with Gasteiger partial charge in [-0.15, -0.1) is 0 Å². The number of hydrogen-bond donors (Lipinski definition) is 2. The van der Waals surface area contributed by atoms with Crippen LogP contribution >= 0.6 is 11.8 Å². The number of aliphatic carboxylic acids is 1. The minimum absolute atomic E-state index is 0.324. The van der Waals surface area contributed by atoms with Crippen molar-refractivity contribution >= 4 is 29.9 Å². The molecule has 4 aromatic rings. The normalized spacial score (nSPS) is 12.5. The fraction of sp³-hybridized carbons (Fsp3) is 0.219. The van der Waals surface area contributed by atoms with E-state index in [4.69, 9.17) is 9.15 Å². The van der Waals surface area contributed by atoms with Crippen LogP contribution in [0, 0.1) is 6.92 Å². The summed E-state index contributed by atoms with van der Waals surface area (Å²) in [5.41, 5.74) is 5.05. The lowest BCUT2D eigenvalue weighted by Gasteiger charge is -2.19. The first-order valence-electron chi connectivity index (χ1n) is 12.8. The Morgan fingerprint density at radius 3 is 2.42 bits per heavy atom. The van der Waals surface area contributed by atoms with Gasteiger partial charge >= 0.3 is 5.97 Å². The van der Waals surface area contributed by atoms with Crippen LogP contribution in [-0.4, -0.2) is 48.4 Å². The third kappa shape index (κ3) is 6.52. The minimum Gasteiger partial charge on any atom is -0.480 e. The van der Waals surface area contributed by atoms with Crippen LogP contribution < -0.4 is 5.32 Å². The summed E-state index contributed by atoms with van der Waals surface area (Å²) in [6.45, 7) is 1.96. The van der Waals surface area contributed by atoms with Crippen molar-refractivity contribution < 1.29 is 28.6 Å². The molecule has 0 bridgehead atoms. The molecule has 8 heteroatoms. The Labute approximate surface area is 237 Å². The molecule has 3 aromatic carbocycles. The Balaban J connectivity index is 1.72. The molecule has 0 saturated heterocycles. The Bertz CT molecular complexity index is 1490. The zero-order chi connectivity index (χ0) is 28.6. The van der Waals surface area contributed by atoms with Gasteiger partial charge in [0.25, 0.3) is 5.91 Å². The van der Waals surface area contributed by atoms with Crippen LogP contribution in [0.1, 0.15) is 50.1 Å². The van der Waals surface area contributed by atoms with E-state index in [1.54, 1.807) is 31.4 Å². The topological polar surface area (TPSA) is 106 Å². The first-order chi connectivity index (χ1) is 19.4. The van der Waals surface area contributed by atoms with Crippen LogP contribution in [-0.2, 0) is 9.53 Å². The van der Waals surface area contributed by atoms with Crippen molar-refractivity contribution in [2.24, 2.45) is 0 Å². The van der Waals surface area contributed by atoms with Gasteiger partial charge in [0.05, 0.1) is 0 Å². The molecule has 0 saturated carbocycles. The highest BCUT2D eigenvalue weighted by Gasteiger charge is 2.25. The predicted octanol–water partition coefficient (Wildman–Crippen LogP) is 6.41. The number of carboxylic acids is 1. The molecule has 206 valence electrons. The average Bonchev–Trinajstić information content (AvgIpc) is 3.45. The van der Waals surface area contributed by atoms with Gasteiger partial charge in [-0.3, -0.25) is 9.59 Å². The summed E-state index contributed by atoms with van der Waals surface area (Å²) in [6, 6.07) is 22.9. The number of aldehydes is 1. The molecule has 1 amide bonds. The van der Waals surface area contributed by atoms with Crippen molar-refractivity contribution in [1.82, 2.24) is 5.32 Å². The second kappa shape index (κ2) is 13.3. The first-order valence-corrected chi connectivity index (χ1v) is 14.2. The van der Waals surface area contributed by atoms with Crippen LogP contribution in [0.5, 0.6) is 0 Å². The number of furan rings is 1. The maximum atomic E-state index is 13.4. The monoisotopic (exact) mass is 557 g/mol. The molecule has 1 aromatic heterocycles. The van der Waals surface area contributed by atoms with E-state index in [0.29, 0.717) is 40.4 Å². The van der Waals surface area contributed by atoms with Gasteiger partial charge in [-0.1, -0.05) is 54.6 Å². The van der Waals surface area contributed by atoms with Crippen LogP contribution in [0.3, 0.4) is 0 Å². The molecular formula is C32H31NO6S. The molecule has 40 heavy (non-hydrogen) atoms. The number of carbonyl (C=O) groups excluding carboxylic acids is 2. The molecule has 0 aliphatic rings. The highest BCUT2D eigenvalue weighted by Crippen LogP contribution is 2.35. The van der Waals surface area contributed by atoms with Crippen LogP contribution in [0.25, 0.3) is 22.5 Å². The maximum absolute atomic E-state index is 13.4. The maximum Gasteiger partial charge on any atom is 0.326 e. The molecular weight excluding hydrogens is 526 g/mol. The molecule has 2 atom stereocenters. The van der Waals surface area contributed by atoms with Gasteiger partial charge < -0.3 is 19.6 Å². The van der Waals surface area contributed by atoms with Gasteiger partial charge in [0.15, 0.2) is 0 Å². The molecule has 0 spiro atoms. The number of carbonyl (C=O) groups is 3. The number of amides is 1. The van der Waals surface area contributed by atoms with E-state index in [1.165, 1.54) is 11.8 Å². The Morgan fingerprint density at radius 2 is 1.77 bits per heavy atom. The van der Waals surface area contributed by atoms with Crippen LogP contribution in [0.15, 0.2) is 83.3 Å². The van der Waals surface area contributed by atoms with Crippen molar-refractivity contribution in [2.45, 2.75) is 25.5 Å². The predicted molar refractivity (Wildman–Crippen MR) is 157 cm³/mol. The van der Waals surface area contributed by atoms with E-state index < -0.39 is 24.0 Å². The third-order valence-corrected chi connectivity index (χ3v) is 7.34. The van der Waals surface area contributed by atoms with Crippen LogP contribution in [0.4, 0.5) is 0 Å². The fourth-order valence-corrected chi connectivity index (χ4v) is 5.01. The third-order valence-electron chi connectivity index (χ3n) is 6.69. The summed E-state index contributed by atoms with van der Waals surface area (Å²) in [4.78, 5) is 36.2. The molecule has 1 heterocycles. The molecule has 7 nitrogen and oxygen atoms in total. The molecule has 0 fully saturated rings. The van der Waals surface area contributed by atoms with Gasteiger partial charge in [0, 0.05) is 23.8 Å². The van der Waals surface area contributed by atoms with Crippen molar-refractivity contribution in [1.29, 1.82) is 0 Å². The summed E-state index contributed by atoms with van der Waals surface area (Å²) in [7, 11) is 1.59. The van der Waals surface area contributed by atoms with Crippen molar-refractivity contribution in [2.75, 3.05) is 19.1 Å². The molecule has 0 aliphatic carbocycles. The van der Waals surface area contributed by atoms with Crippen molar-refractivity contribution in [3.63, 3.8) is 0 Å². The molecule has 0 radical (unpaired) electrons. The zero-order valence-electron chi connectivity index (χ0n) is 22.5. The van der Waals surface area contributed by atoms with Crippen molar-refractivity contribution in [3.05, 3.63) is 107 Å². The number of thioether (sulfide) groups is 1. The van der Waals surface area contributed by atoms with Gasteiger partial charge in [-0.05, 0) is 71.9 Å². The van der Waals surface area contributed by atoms with E-state index in [2.05, 4.69) is 5.32 Å². The van der Waals surface area contributed by atoms with Crippen molar-refractivity contribution in [3.8, 4) is 22.5 Å². The molecule has 0 aliphatic heterocycles. The average molecular weight is 558 g/mol. The van der Waals surface area contributed by atoms with E-state index in [0.717, 1.165) is 28.5 Å². The number of rotatable bonds is 12. The molecule has 2 unspecified atom stereocenters. The number of benzene rings is 3. The summed E-state index contributed by atoms with van der Waals surface area (Å²) in [6.07, 6.45) is 2.45. The number of carboxylic acid groups (broad SMARTS) is 1. The largest absolute Gasteiger partial charge is 0.480 e. The van der Waals surface area contributed by atoms with Gasteiger partial charge in [0.1, 0.15) is 30.0 Å². The zero-order valence-corrected chi connectivity index (χ0v) is 23.4. The number of methoxy groups -OCH3 is 1. The van der Waals surface area contributed by atoms with Crippen LogP contribution in [0.2, 0.25) is 0 Å². The quantitative estimate of drug-likeness (QED) is 0.194. The fourth-order valence-electron chi connectivity index (χ4n) is 4.54. The minimum atomic E-state index is -1.06. The molecule has 2 N–H and O–H groups in total. The van der Waals surface area contributed by atoms with Gasteiger partial charge in [-0.25, -0.2) is 4.79 Å². The van der Waals surface area contributed by atoms with Gasteiger partial charge in [0.2, 0.25) is 0 Å². The van der Waals surface area contributed by atoms with E-state index in [-0.39, 0.29) is 0 Å². The highest BCUT2D eigenvalue weighted by molar-refractivity contribution is 7.98.